The van der Waals surface area contributed by atoms with Gasteiger partial charge >= 0.3 is 0 Å². The standard InChI is InChI=1S/C20H22N4O5S/c1-20(2,3)15-7-5-14(6-8-15)19-21-18(29-22-19)13-23(4)30(27,28)17-11-9-16(10-12-17)24(25)26/h5-12H,13H2,1-4H3. The van der Waals surface area contributed by atoms with E-state index in [2.05, 4.69) is 30.9 Å². The zero-order chi connectivity index (χ0) is 22.1. The van der Waals surface area contributed by atoms with Crippen LogP contribution in [0.15, 0.2) is 57.9 Å². The number of nitro benzene ring substituents is 1. The number of sulfonamides is 1. The van der Waals surface area contributed by atoms with Crippen LogP contribution in [0.5, 0.6) is 0 Å². The van der Waals surface area contributed by atoms with Crippen LogP contribution in [-0.2, 0) is 22.0 Å². The Morgan fingerprint density at radius 1 is 1.07 bits per heavy atom. The molecule has 0 amide bonds. The molecule has 3 rings (SSSR count). The van der Waals surface area contributed by atoms with Crippen molar-refractivity contribution in [3.8, 4) is 11.4 Å². The fraction of sp³-hybridized carbons (Fsp3) is 0.300. The molecule has 158 valence electrons. The maximum Gasteiger partial charge on any atom is 0.269 e. The molecule has 1 aromatic heterocycles. The number of benzene rings is 2. The Labute approximate surface area is 174 Å². The van der Waals surface area contributed by atoms with Crippen molar-refractivity contribution in [1.29, 1.82) is 0 Å². The van der Waals surface area contributed by atoms with Gasteiger partial charge in [-0.2, -0.15) is 9.29 Å². The molecule has 0 spiro atoms. The van der Waals surface area contributed by atoms with Crippen molar-refractivity contribution in [3.63, 3.8) is 0 Å². The normalized spacial score (nSPS) is 12.3. The van der Waals surface area contributed by atoms with Gasteiger partial charge in [-0.3, -0.25) is 10.1 Å². The second-order valence-corrected chi connectivity index (χ2v) is 9.90. The first-order chi connectivity index (χ1) is 14.0. The molecule has 0 N–H and O–H groups in total. The van der Waals surface area contributed by atoms with E-state index in [4.69, 9.17) is 4.52 Å². The average molecular weight is 430 g/mol. The molecule has 0 saturated carbocycles. The van der Waals surface area contributed by atoms with E-state index in [1.165, 1.54) is 24.7 Å². The zero-order valence-corrected chi connectivity index (χ0v) is 17.9. The summed E-state index contributed by atoms with van der Waals surface area (Å²) in [7, 11) is -2.50. The van der Waals surface area contributed by atoms with E-state index in [1.54, 1.807) is 0 Å². The van der Waals surface area contributed by atoms with Crippen LogP contribution < -0.4 is 0 Å². The molecule has 2 aromatic carbocycles. The molecule has 0 radical (unpaired) electrons. The van der Waals surface area contributed by atoms with Gasteiger partial charge in [0.1, 0.15) is 0 Å². The highest BCUT2D eigenvalue weighted by Crippen LogP contribution is 2.25. The third-order valence-electron chi connectivity index (χ3n) is 4.59. The van der Waals surface area contributed by atoms with E-state index < -0.39 is 14.9 Å². The Kier molecular flexibility index (Phi) is 5.73. The van der Waals surface area contributed by atoms with Gasteiger partial charge in [0.2, 0.25) is 21.7 Å². The molecule has 10 heteroatoms. The SMILES string of the molecule is CN(Cc1nc(-c2ccc(C(C)(C)C)cc2)no1)S(=O)(=O)c1ccc([N+](=O)[O-])cc1. The van der Waals surface area contributed by atoms with E-state index in [0.29, 0.717) is 5.82 Å². The molecule has 1 heterocycles. The second-order valence-electron chi connectivity index (χ2n) is 7.85. The maximum atomic E-state index is 12.7. The Morgan fingerprint density at radius 2 is 1.67 bits per heavy atom. The van der Waals surface area contributed by atoms with Crippen LogP contribution in [0.1, 0.15) is 32.2 Å². The molecule has 0 aliphatic heterocycles. The van der Waals surface area contributed by atoms with Gasteiger partial charge in [-0.1, -0.05) is 50.2 Å². The molecule has 0 saturated heterocycles. The lowest BCUT2D eigenvalue weighted by Gasteiger charge is -2.18. The fourth-order valence-electron chi connectivity index (χ4n) is 2.75. The zero-order valence-electron chi connectivity index (χ0n) is 17.1. The molecular formula is C20H22N4O5S. The Bertz CT molecular complexity index is 1150. The number of nitrogens with zero attached hydrogens (tertiary/aromatic N) is 4. The minimum Gasteiger partial charge on any atom is -0.338 e. The summed E-state index contributed by atoms with van der Waals surface area (Å²) in [5, 5.41) is 14.7. The molecule has 0 aliphatic rings. The van der Waals surface area contributed by atoms with Crippen LogP contribution in [0.2, 0.25) is 0 Å². The number of rotatable bonds is 6. The summed E-state index contributed by atoms with van der Waals surface area (Å²) < 4.78 is 31.6. The fourth-order valence-corrected chi connectivity index (χ4v) is 3.87. The maximum absolute atomic E-state index is 12.7. The Hall–Kier alpha value is -3.11. The van der Waals surface area contributed by atoms with Gasteiger partial charge in [-0.05, 0) is 23.1 Å². The number of hydrogen-bond donors (Lipinski definition) is 0. The molecule has 0 atom stereocenters. The van der Waals surface area contributed by atoms with Crippen LogP contribution in [0.25, 0.3) is 11.4 Å². The van der Waals surface area contributed by atoms with Crippen LogP contribution >= 0.6 is 0 Å². The highest BCUT2D eigenvalue weighted by Gasteiger charge is 2.24. The first-order valence-electron chi connectivity index (χ1n) is 9.13. The van der Waals surface area contributed by atoms with E-state index in [9.17, 15) is 18.5 Å². The molecular weight excluding hydrogens is 408 g/mol. The molecule has 3 aromatic rings. The van der Waals surface area contributed by atoms with Gasteiger partial charge < -0.3 is 4.52 Å². The van der Waals surface area contributed by atoms with Gasteiger partial charge in [-0.15, -0.1) is 0 Å². The quantitative estimate of drug-likeness (QED) is 0.431. The van der Waals surface area contributed by atoms with Crippen LogP contribution in [-0.4, -0.2) is 34.8 Å². The first kappa shape index (κ1) is 21.6. The van der Waals surface area contributed by atoms with Crippen molar-refractivity contribution in [2.24, 2.45) is 0 Å². The van der Waals surface area contributed by atoms with E-state index in [1.807, 2.05) is 24.3 Å². The van der Waals surface area contributed by atoms with Crippen LogP contribution in [0, 0.1) is 10.1 Å². The first-order valence-corrected chi connectivity index (χ1v) is 10.6. The molecule has 0 unspecified atom stereocenters. The van der Waals surface area contributed by atoms with E-state index >= 15 is 0 Å². The number of nitro groups is 1. The molecule has 0 fully saturated rings. The van der Waals surface area contributed by atoms with Crippen molar-refractivity contribution in [3.05, 3.63) is 70.1 Å². The summed E-state index contributed by atoms with van der Waals surface area (Å²) in [6, 6.07) is 12.5. The number of aromatic nitrogens is 2. The lowest BCUT2D eigenvalue weighted by Crippen LogP contribution is -2.26. The summed E-state index contributed by atoms with van der Waals surface area (Å²) in [5.41, 5.74) is 1.77. The highest BCUT2D eigenvalue weighted by molar-refractivity contribution is 7.89. The third-order valence-corrected chi connectivity index (χ3v) is 6.41. The Morgan fingerprint density at radius 3 is 2.20 bits per heavy atom. The van der Waals surface area contributed by atoms with Crippen molar-refractivity contribution >= 4 is 15.7 Å². The molecule has 30 heavy (non-hydrogen) atoms. The van der Waals surface area contributed by atoms with Crippen molar-refractivity contribution in [2.45, 2.75) is 37.6 Å². The van der Waals surface area contributed by atoms with Gasteiger partial charge in [0.25, 0.3) is 5.69 Å². The summed E-state index contributed by atoms with van der Waals surface area (Å²) in [5.74, 6) is 0.504. The number of hydrogen-bond acceptors (Lipinski definition) is 7. The third kappa shape index (κ3) is 4.55. The lowest BCUT2D eigenvalue weighted by molar-refractivity contribution is -0.384. The van der Waals surface area contributed by atoms with Crippen molar-refractivity contribution < 1.29 is 17.9 Å². The summed E-state index contributed by atoms with van der Waals surface area (Å²) >= 11 is 0. The predicted octanol–water partition coefficient (Wildman–Crippen LogP) is 3.76. The average Bonchev–Trinajstić information content (AvgIpc) is 3.16. The second kappa shape index (κ2) is 7.96. The predicted molar refractivity (Wildman–Crippen MR) is 110 cm³/mol. The smallest absolute Gasteiger partial charge is 0.269 e. The Balaban J connectivity index is 1.75. The monoisotopic (exact) mass is 430 g/mol. The summed E-state index contributed by atoms with van der Waals surface area (Å²) in [6.07, 6.45) is 0. The van der Waals surface area contributed by atoms with Gasteiger partial charge in [0, 0.05) is 24.7 Å². The molecule has 9 nitrogen and oxygen atoms in total. The van der Waals surface area contributed by atoms with E-state index in [0.717, 1.165) is 22.0 Å². The van der Waals surface area contributed by atoms with Gasteiger partial charge in [-0.25, -0.2) is 8.42 Å². The van der Waals surface area contributed by atoms with E-state index in [-0.39, 0.29) is 28.4 Å². The van der Waals surface area contributed by atoms with Gasteiger partial charge in [0.05, 0.1) is 16.4 Å². The summed E-state index contributed by atoms with van der Waals surface area (Å²) in [6.45, 7) is 6.23. The van der Waals surface area contributed by atoms with Crippen LogP contribution in [0.3, 0.4) is 0 Å². The van der Waals surface area contributed by atoms with Gasteiger partial charge in [0.15, 0.2) is 0 Å². The number of non-ortho nitro benzene ring substituents is 1. The minimum absolute atomic E-state index is 0.0237. The highest BCUT2D eigenvalue weighted by atomic mass is 32.2. The van der Waals surface area contributed by atoms with Crippen LogP contribution in [0.4, 0.5) is 5.69 Å². The van der Waals surface area contributed by atoms with Crippen molar-refractivity contribution in [1.82, 2.24) is 14.4 Å². The largest absolute Gasteiger partial charge is 0.338 e. The molecule has 0 aliphatic carbocycles. The van der Waals surface area contributed by atoms with Crippen molar-refractivity contribution in [2.75, 3.05) is 7.05 Å². The molecule has 0 bridgehead atoms. The minimum atomic E-state index is -3.87. The lowest BCUT2D eigenvalue weighted by atomic mass is 9.87. The topological polar surface area (TPSA) is 119 Å². The summed E-state index contributed by atoms with van der Waals surface area (Å²) in [4.78, 5) is 14.4.